The maximum atomic E-state index is 12.4. The Bertz CT molecular complexity index is 712. The maximum Gasteiger partial charge on any atom is 0.490 e. The number of amides is 1. The molecule has 1 N–H and O–H groups in total. The molecule has 4 rings (SSSR count). The van der Waals surface area contributed by atoms with Gasteiger partial charge in [0.05, 0.1) is 13.2 Å². The van der Waals surface area contributed by atoms with Crippen LogP contribution in [0, 0.1) is 5.92 Å². The zero-order valence-corrected chi connectivity index (χ0v) is 16.1. The molecule has 1 unspecified atom stereocenters. The number of nitrogens with zero attached hydrogens (tertiary/aromatic N) is 3. The second-order valence-electron chi connectivity index (χ2n) is 7.72. The van der Waals surface area contributed by atoms with E-state index in [4.69, 9.17) is 14.7 Å². The molecule has 1 aliphatic carbocycles. The second kappa shape index (κ2) is 9.17. The zero-order chi connectivity index (χ0) is 21.0. The van der Waals surface area contributed by atoms with Crippen LogP contribution in [0.3, 0.4) is 0 Å². The van der Waals surface area contributed by atoms with Crippen LogP contribution in [0.2, 0.25) is 0 Å². The molecule has 1 aromatic rings. The van der Waals surface area contributed by atoms with E-state index in [2.05, 4.69) is 27.8 Å². The van der Waals surface area contributed by atoms with Gasteiger partial charge in [-0.1, -0.05) is 6.42 Å². The van der Waals surface area contributed by atoms with Crippen molar-refractivity contribution < 1.29 is 32.7 Å². The van der Waals surface area contributed by atoms with E-state index in [-0.39, 0.29) is 5.91 Å². The highest BCUT2D eigenvalue weighted by molar-refractivity contribution is 5.75. The van der Waals surface area contributed by atoms with Gasteiger partial charge in [0.25, 0.3) is 0 Å². The SMILES string of the molecule is O=C(CC1CN(C2CCC2)Cc2cccn2C1)N1CCCO1.O=C(O)C(F)(F)F. The largest absolute Gasteiger partial charge is 0.490 e. The number of aliphatic carboxylic acids is 1. The Morgan fingerprint density at radius 1 is 1.21 bits per heavy atom. The molecule has 162 valence electrons. The van der Waals surface area contributed by atoms with Gasteiger partial charge in [0.2, 0.25) is 5.91 Å². The number of halogens is 3. The number of hydrogen-bond donors (Lipinski definition) is 1. The van der Waals surface area contributed by atoms with E-state index in [1.54, 1.807) is 5.06 Å². The molecule has 1 atom stereocenters. The normalized spacial score (nSPS) is 22.9. The molecule has 3 aliphatic rings. The topological polar surface area (TPSA) is 75.0 Å². The number of hydroxylamine groups is 2. The third-order valence-electron chi connectivity index (χ3n) is 5.56. The number of fused-ring (bicyclic) bond motifs is 1. The smallest absolute Gasteiger partial charge is 0.475 e. The second-order valence-corrected chi connectivity index (χ2v) is 7.72. The summed E-state index contributed by atoms with van der Waals surface area (Å²) in [6.45, 7) is 4.46. The van der Waals surface area contributed by atoms with Crippen LogP contribution >= 0.6 is 0 Å². The van der Waals surface area contributed by atoms with Crippen LogP contribution < -0.4 is 0 Å². The van der Waals surface area contributed by atoms with Crippen LogP contribution in [-0.2, 0) is 27.5 Å². The van der Waals surface area contributed by atoms with Crippen LogP contribution in [0.5, 0.6) is 0 Å². The van der Waals surface area contributed by atoms with Gasteiger partial charge in [0.1, 0.15) is 0 Å². The number of aromatic nitrogens is 1. The molecule has 0 radical (unpaired) electrons. The van der Waals surface area contributed by atoms with E-state index < -0.39 is 12.1 Å². The average molecular weight is 417 g/mol. The standard InChI is InChI=1S/C17H25N3O2.C2HF3O2/c21-17(20-8-3-9-22-20)10-14-11-18-7-2-6-16(18)13-19(12-14)15-4-1-5-15;3-2(4,5)1(6)7/h2,6-7,14-15H,1,3-5,8-13H2;(H,6,7). The van der Waals surface area contributed by atoms with Crippen molar-refractivity contribution in [3.05, 3.63) is 24.0 Å². The van der Waals surface area contributed by atoms with Crippen molar-refractivity contribution in [2.75, 3.05) is 19.7 Å². The summed E-state index contributed by atoms with van der Waals surface area (Å²) in [5, 5.41) is 8.70. The number of alkyl halides is 3. The van der Waals surface area contributed by atoms with Gasteiger partial charge < -0.3 is 9.67 Å². The minimum Gasteiger partial charge on any atom is -0.475 e. The van der Waals surface area contributed by atoms with Crippen LogP contribution in [0.15, 0.2) is 18.3 Å². The molecule has 0 aromatic carbocycles. The molecule has 7 nitrogen and oxygen atoms in total. The van der Waals surface area contributed by atoms with E-state index in [1.807, 2.05) is 0 Å². The third-order valence-corrected chi connectivity index (χ3v) is 5.56. The molecule has 1 saturated carbocycles. The van der Waals surface area contributed by atoms with Crippen molar-refractivity contribution in [3.63, 3.8) is 0 Å². The fraction of sp³-hybridized carbons (Fsp3) is 0.684. The lowest BCUT2D eigenvalue weighted by molar-refractivity contribution is -0.192. The van der Waals surface area contributed by atoms with Crippen molar-refractivity contribution in [1.82, 2.24) is 14.5 Å². The highest BCUT2D eigenvalue weighted by Gasteiger charge is 2.38. The molecule has 0 spiro atoms. The van der Waals surface area contributed by atoms with E-state index in [1.165, 1.54) is 25.0 Å². The Hall–Kier alpha value is -2.07. The van der Waals surface area contributed by atoms with Crippen LogP contribution in [0.4, 0.5) is 13.2 Å². The van der Waals surface area contributed by atoms with Crippen LogP contribution in [0.25, 0.3) is 0 Å². The molecular formula is C19H26F3N3O4. The van der Waals surface area contributed by atoms with E-state index >= 15 is 0 Å². The lowest BCUT2D eigenvalue weighted by Crippen LogP contribution is -2.42. The predicted molar refractivity (Wildman–Crippen MR) is 96.6 cm³/mol. The van der Waals surface area contributed by atoms with Crippen LogP contribution in [-0.4, -0.2) is 63.4 Å². The fourth-order valence-electron chi connectivity index (χ4n) is 3.86. The van der Waals surface area contributed by atoms with Crippen molar-refractivity contribution in [1.29, 1.82) is 0 Å². The first kappa shape index (κ1) is 21.6. The summed E-state index contributed by atoms with van der Waals surface area (Å²) in [5.74, 6) is -2.22. The van der Waals surface area contributed by atoms with E-state index in [0.717, 1.165) is 38.6 Å². The summed E-state index contributed by atoms with van der Waals surface area (Å²) in [4.78, 5) is 29.3. The Balaban J connectivity index is 0.000000298. The first-order chi connectivity index (χ1) is 13.7. The van der Waals surface area contributed by atoms with Gasteiger partial charge in [0.15, 0.2) is 0 Å². The summed E-state index contributed by atoms with van der Waals surface area (Å²) in [7, 11) is 0. The van der Waals surface area contributed by atoms with Gasteiger partial charge in [-0.15, -0.1) is 0 Å². The first-order valence-corrected chi connectivity index (χ1v) is 9.85. The fourth-order valence-corrected chi connectivity index (χ4v) is 3.86. The van der Waals surface area contributed by atoms with Gasteiger partial charge >= 0.3 is 12.1 Å². The third kappa shape index (κ3) is 5.72. The number of rotatable bonds is 3. The van der Waals surface area contributed by atoms with Gasteiger partial charge in [-0.25, -0.2) is 9.86 Å². The molecule has 2 aliphatic heterocycles. The molecule has 10 heteroatoms. The van der Waals surface area contributed by atoms with Gasteiger partial charge in [-0.05, 0) is 37.3 Å². The molecule has 0 bridgehead atoms. The predicted octanol–water partition coefficient (Wildman–Crippen LogP) is 2.66. The van der Waals surface area contributed by atoms with Crippen molar-refractivity contribution in [2.24, 2.45) is 5.92 Å². The number of carboxylic acid groups (broad SMARTS) is 1. The van der Waals surface area contributed by atoms with Crippen LogP contribution in [0.1, 0.15) is 37.8 Å². The Labute approximate surface area is 167 Å². The molecule has 1 amide bonds. The van der Waals surface area contributed by atoms with Gasteiger partial charge in [-0.2, -0.15) is 13.2 Å². The minimum atomic E-state index is -5.08. The quantitative estimate of drug-likeness (QED) is 0.819. The Morgan fingerprint density at radius 3 is 2.48 bits per heavy atom. The summed E-state index contributed by atoms with van der Waals surface area (Å²) in [5.41, 5.74) is 1.39. The Kier molecular flexibility index (Phi) is 6.84. The summed E-state index contributed by atoms with van der Waals surface area (Å²) in [6, 6.07) is 5.07. The molecule has 1 aromatic heterocycles. The van der Waals surface area contributed by atoms with Gasteiger partial charge in [-0.3, -0.25) is 14.5 Å². The monoisotopic (exact) mass is 417 g/mol. The average Bonchev–Trinajstić information content (AvgIpc) is 3.23. The molecule has 1 saturated heterocycles. The molecular weight excluding hydrogens is 391 g/mol. The molecule has 29 heavy (non-hydrogen) atoms. The Morgan fingerprint density at radius 2 is 1.93 bits per heavy atom. The van der Waals surface area contributed by atoms with E-state index in [0.29, 0.717) is 18.9 Å². The highest BCUT2D eigenvalue weighted by Crippen LogP contribution is 2.30. The van der Waals surface area contributed by atoms with Crippen molar-refractivity contribution in [2.45, 2.75) is 57.4 Å². The summed E-state index contributed by atoms with van der Waals surface area (Å²) in [6.07, 6.45) is 2.62. The first-order valence-electron chi connectivity index (χ1n) is 9.85. The zero-order valence-electron chi connectivity index (χ0n) is 16.1. The van der Waals surface area contributed by atoms with Crippen molar-refractivity contribution >= 4 is 11.9 Å². The molecule has 2 fully saturated rings. The van der Waals surface area contributed by atoms with Gasteiger partial charge in [0, 0.05) is 44.0 Å². The number of hydrogen-bond acceptors (Lipinski definition) is 4. The summed E-state index contributed by atoms with van der Waals surface area (Å²) < 4.78 is 34.1. The molecule has 3 heterocycles. The van der Waals surface area contributed by atoms with E-state index in [9.17, 15) is 18.0 Å². The lowest BCUT2D eigenvalue weighted by atomic mass is 9.90. The number of carboxylic acids is 1. The maximum absolute atomic E-state index is 12.4. The lowest BCUT2D eigenvalue weighted by Gasteiger charge is -2.38. The highest BCUT2D eigenvalue weighted by atomic mass is 19.4. The number of carbonyl (C=O) groups is 2. The van der Waals surface area contributed by atoms with Crippen molar-refractivity contribution in [3.8, 4) is 0 Å². The summed E-state index contributed by atoms with van der Waals surface area (Å²) >= 11 is 0. The number of carbonyl (C=O) groups excluding carboxylic acids is 1. The minimum absolute atomic E-state index is 0.159.